The summed E-state index contributed by atoms with van der Waals surface area (Å²) >= 11 is 1.30. The second-order valence-electron chi connectivity index (χ2n) is 4.99. The Labute approximate surface area is 134 Å². The Bertz CT molecular complexity index is 625. The van der Waals surface area contributed by atoms with Crippen LogP contribution >= 0.6 is 11.3 Å². The number of hydrogen-bond donors (Lipinski definition) is 0. The molecule has 0 aliphatic carbocycles. The van der Waals surface area contributed by atoms with Crippen LogP contribution in [0.3, 0.4) is 0 Å². The van der Waals surface area contributed by atoms with Crippen molar-refractivity contribution in [2.24, 2.45) is 0 Å². The fraction of sp³-hybridized carbons (Fsp3) is 0.294. The molecule has 116 valence electrons. The van der Waals surface area contributed by atoms with E-state index in [2.05, 4.69) is 11.9 Å². The lowest BCUT2D eigenvalue weighted by molar-refractivity contribution is -0.129. The summed E-state index contributed by atoms with van der Waals surface area (Å²) < 4.78 is 14.2. The van der Waals surface area contributed by atoms with Gasteiger partial charge in [-0.25, -0.2) is 9.37 Å². The van der Waals surface area contributed by atoms with E-state index in [4.69, 9.17) is 0 Å². The number of halogens is 1. The molecule has 1 atom stereocenters. The molecule has 0 aliphatic rings. The van der Waals surface area contributed by atoms with Crippen molar-refractivity contribution in [1.82, 2.24) is 9.88 Å². The van der Waals surface area contributed by atoms with Gasteiger partial charge in [-0.05, 0) is 12.0 Å². The molecule has 0 fully saturated rings. The normalized spacial score (nSPS) is 13.0. The number of amides is 1. The summed E-state index contributed by atoms with van der Waals surface area (Å²) in [6.45, 7) is 2.05. The Hall–Kier alpha value is -2.01. The second-order valence-corrected chi connectivity index (χ2v) is 5.92. The maximum Gasteiger partial charge on any atom is 0.282 e. The first-order valence-electron chi connectivity index (χ1n) is 7.22. The van der Waals surface area contributed by atoms with Crippen LogP contribution in [0.2, 0.25) is 0 Å². The molecule has 0 radical (unpaired) electrons. The minimum Gasteiger partial charge on any atom is -0.333 e. The SMILES string of the molecule is CCCC(c1ccccc1)N(C)C(=O)/C(F)=C/c1nccs1. The topological polar surface area (TPSA) is 33.2 Å². The molecule has 2 aromatic rings. The fourth-order valence-electron chi connectivity index (χ4n) is 2.32. The van der Waals surface area contributed by atoms with Gasteiger partial charge in [0.2, 0.25) is 0 Å². The van der Waals surface area contributed by atoms with Crippen LogP contribution in [0.15, 0.2) is 47.7 Å². The first-order chi connectivity index (χ1) is 10.6. The molecule has 1 aromatic heterocycles. The van der Waals surface area contributed by atoms with Crippen molar-refractivity contribution in [2.75, 3.05) is 7.05 Å². The van der Waals surface area contributed by atoms with E-state index in [0.29, 0.717) is 5.01 Å². The third-order valence-electron chi connectivity index (χ3n) is 3.44. The van der Waals surface area contributed by atoms with Crippen LogP contribution in [0.1, 0.15) is 36.4 Å². The maximum atomic E-state index is 14.2. The number of hydrogen-bond acceptors (Lipinski definition) is 3. The smallest absolute Gasteiger partial charge is 0.282 e. The minimum atomic E-state index is -0.783. The van der Waals surface area contributed by atoms with Crippen LogP contribution in [0.5, 0.6) is 0 Å². The second kappa shape index (κ2) is 7.84. The fourth-order valence-corrected chi connectivity index (χ4v) is 2.87. The predicted molar refractivity (Wildman–Crippen MR) is 88.1 cm³/mol. The molecule has 0 bridgehead atoms. The van der Waals surface area contributed by atoms with Crippen molar-refractivity contribution in [3.63, 3.8) is 0 Å². The Balaban J connectivity index is 2.19. The summed E-state index contributed by atoms with van der Waals surface area (Å²) in [5.41, 5.74) is 1.02. The van der Waals surface area contributed by atoms with Gasteiger partial charge in [-0.3, -0.25) is 4.79 Å². The lowest BCUT2D eigenvalue weighted by Gasteiger charge is -2.28. The van der Waals surface area contributed by atoms with Crippen LogP contribution in [-0.4, -0.2) is 22.8 Å². The lowest BCUT2D eigenvalue weighted by atomic mass is 10.0. The highest BCUT2D eigenvalue weighted by Crippen LogP contribution is 2.26. The summed E-state index contributed by atoms with van der Waals surface area (Å²) in [5, 5.41) is 2.24. The molecule has 1 heterocycles. The molecule has 1 amide bonds. The predicted octanol–water partition coefficient (Wildman–Crippen LogP) is 4.45. The number of carbonyl (C=O) groups is 1. The Morgan fingerprint density at radius 2 is 2.14 bits per heavy atom. The van der Waals surface area contributed by atoms with Gasteiger partial charge in [0.05, 0.1) is 6.04 Å². The highest BCUT2D eigenvalue weighted by molar-refractivity contribution is 7.10. The zero-order valence-electron chi connectivity index (χ0n) is 12.7. The van der Waals surface area contributed by atoms with Crippen molar-refractivity contribution in [3.8, 4) is 0 Å². The molecular formula is C17H19FN2OS. The molecule has 0 N–H and O–H groups in total. The van der Waals surface area contributed by atoms with Gasteiger partial charge in [0.15, 0.2) is 5.83 Å². The zero-order valence-corrected chi connectivity index (χ0v) is 13.5. The number of likely N-dealkylation sites (N-methyl/N-ethyl adjacent to an activating group) is 1. The number of aromatic nitrogens is 1. The van der Waals surface area contributed by atoms with E-state index >= 15 is 0 Å². The van der Waals surface area contributed by atoms with Gasteiger partial charge in [-0.15, -0.1) is 11.3 Å². The van der Waals surface area contributed by atoms with Gasteiger partial charge in [0, 0.05) is 24.7 Å². The van der Waals surface area contributed by atoms with E-state index < -0.39 is 11.7 Å². The summed E-state index contributed by atoms with van der Waals surface area (Å²) in [5.74, 6) is -1.40. The molecule has 2 rings (SSSR count). The van der Waals surface area contributed by atoms with Gasteiger partial charge in [0.1, 0.15) is 5.01 Å². The molecule has 0 saturated carbocycles. The van der Waals surface area contributed by atoms with E-state index in [9.17, 15) is 9.18 Å². The molecule has 1 unspecified atom stereocenters. The number of nitrogens with zero attached hydrogens (tertiary/aromatic N) is 2. The molecule has 5 heteroatoms. The number of rotatable bonds is 6. The van der Waals surface area contributed by atoms with Crippen LogP contribution < -0.4 is 0 Å². The first kappa shape index (κ1) is 16.4. The first-order valence-corrected chi connectivity index (χ1v) is 8.10. The number of thiazole rings is 1. The summed E-state index contributed by atoms with van der Waals surface area (Å²) in [7, 11) is 1.64. The van der Waals surface area contributed by atoms with Gasteiger partial charge in [-0.2, -0.15) is 0 Å². The summed E-state index contributed by atoms with van der Waals surface area (Å²) in [6.07, 6.45) is 4.48. The molecule has 0 aliphatic heterocycles. The molecule has 22 heavy (non-hydrogen) atoms. The van der Waals surface area contributed by atoms with E-state index in [1.54, 1.807) is 18.6 Å². The van der Waals surface area contributed by atoms with E-state index in [-0.39, 0.29) is 6.04 Å². The summed E-state index contributed by atoms with van der Waals surface area (Å²) in [6, 6.07) is 9.58. The van der Waals surface area contributed by atoms with Crippen LogP contribution in [0.25, 0.3) is 6.08 Å². The van der Waals surface area contributed by atoms with Gasteiger partial charge < -0.3 is 4.90 Å². The van der Waals surface area contributed by atoms with E-state index in [1.807, 2.05) is 30.3 Å². The van der Waals surface area contributed by atoms with Crippen LogP contribution in [-0.2, 0) is 4.79 Å². The van der Waals surface area contributed by atoms with Crippen molar-refractivity contribution < 1.29 is 9.18 Å². The number of benzene rings is 1. The lowest BCUT2D eigenvalue weighted by Crippen LogP contribution is -2.31. The van der Waals surface area contributed by atoms with Crippen LogP contribution in [0.4, 0.5) is 4.39 Å². The molecule has 0 saturated heterocycles. The Morgan fingerprint density at radius 3 is 2.73 bits per heavy atom. The maximum absolute atomic E-state index is 14.2. The molecule has 3 nitrogen and oxygen atoms in total. The van der Waals surface area contributed by atoms with Crippen molar-refractivity contribution in [2.45, 2.75) is 25.8 Å². The standard InChI is InChI=1S/C17H19FN2OS/c1-3-7-15(13-8-5-4-6-9-13)20(2)17(21)14(18)12-16-19-10-11-22-16/h4-6,8-12,15H,3,7H2,1-2H3/b14-12-. The van der Waals surface area contributed by atoms with E-state index in [0.717, 1.165) is 18.4 Å². The van der Waals surface area contributed by atoms with E-state index in [1.165, 1.54) is 22.3 Å². The van der Waals surface area contributed by atoms with Gasteiger partial charge in [0.25, 0.3) is 5.91 Å². The quantitative estimate of drug-likeness (QED) is 0.737. The highest BCUT2D eigenvalue weighted by Gasteiger charge is 2.23. The summed E-state index contributed by atoms with van der Waals surface area (Å²) in [4.78, 5) is 17.8. The molecule has 1 aromatic carbocycles. The zero-order chi connectivity index (χ0) is 15.9. The molecule has 0 spiro atoms. The van der Waals surface area contributed by atoms with Gasteiger partial charge in [-0.1, -0.05) is 43.7 Å². The highest BCUT2D eigenvalue weighted by atomic mass is 32.1. The third kappa shape index (κ3) is 4.01. The van der Waals surface area contributed by atoms with Crippen molar-refractivity contribution in [3.05, 3.63) is 58.3 Å². The Morgan fingerprint density at radius 1 is 1.41 bits per heavy atom. The van der Waals surface area contributed by atoms with Crippen molar-refractivity contribution in [1.29, 1.82) is 0 Å². The van der Waals surface area contributed by atoms with Crippen LogP contribution in [0, 0.1) is 0 Å². The monoisotopic (exact) mass is 318 g/mol. The largest absolute Gasteiger partial charge is 0.333 e. The minimum absolute atomic E-state index is 0.130. The average Bonchev–Trinajstić information content (AvgIpc) is 3.05. The average molecular weight is 318 g/mol. The third-order valence-corrected chi connectivity index (χ3v) is 4.16. The van der Waals surface area contributed by atoms with Crippen molar-refractivity contribution >= 4 is 23.3 Å². The number of carbonyl (C=O) groups excluding carboxylic acids is 1. The molecular weight excluding hydrogens is 299 g/mol. The Kier molecular flexibility index (Phi) is 5.83. The van der Waals surface area contributed by atoms with Gasteiger partial charge >= 0.3 is 0 Å².